The zero-order chi connectivity index (χ0) is 22.8. The standard InChI is InChI=1S/C27H28N2O3S/c30-27(28-18-17-21-9-7-8-12-23(21)19-28)24-15-16-26(22-10-3-1-4-11-22)29(20-24)33(31,32)25-13-5-2-6-14-25/h1-14,24,26H,15-20H2/t24-,26-/m1/s1. The van der Waals surface area contributed by atoms with E-state index >= 15 is 0 Å². The van der Waals surface area contributed by atoms with Gasteiger partial charge in [-0.2, -0.15) is 4.31 Å². The lowest BCUT2D eigenvalue weighted by Crippen LogP contribution is -2.48. The fourth-order valence-corrected chi connectivity index (χ4v) is 6.79. The Hall–Kier alpha value is -2.96. The number of piperidine rings is 1. The van der Waals surface area contributed by atoms with Crippen LogP contribution in [0.25, 0.3) is 0 Å². The summed E-state index contributed by atoms with van der Waals surface area (Å²) in [5, 5.41) is 0. The Morgan fingerprint density at radius 3 is 2.15 bits per heavy atom. The Morgan fingerprint density at radius 2 is 1.42 bits per heavy atom. The van der Waals surface area contributed by atoms with E-state index in [1.807, 2.05) is 53.4 Å². The van der Waals surface area contributed by atoms with Gasteiger partial charge in [0.15, 0.2) is 0 Å². The molecule has 3 aromatic carbocycles. The summed E-state index contributed by atoms with van der Waals surface area (Å²) in [6.07, 6.45) is 2.14. The summed E-state index contributed by atoms with van der Waals surface area (Å²) in [6, 6.07) is 26.3. The normalized spacial score (nSPS) is 21.4. The van der Waals surface area contributed by atoms with Gasteiger partial charge in [-0.15, -0.1) is 0 Å². The monoisotopic (exact) mass is 460 g/mol. The van der Waals surface area contributed by atoms with Gasteiger partial charge in [-0.3, -0.25) is 4.79 Å². The van der Waals surface area contributed by atoms with Crippen molar-refractivity contribution in [1.82, 2.24) is 9.21 Å². The number of amides is 1. The second-order valence-corrected chi connectivity index (χ2v) is 10.8. The molecule has 0 spiro atoms. The van der Waals surface area contributed by atoms with Crippen molar-refractivity contribution >= 4 is 15.9 Å². The molecular weight excluding hydrogens is 432 g/mol. The van der Waals surface area contributed by atoms with Crippen LogP contribution in [0.4, 0.5) is 0 Å². The highest BCUT2D eigenvalue weighted by Gasteiger charge is 2.41. The van der Waals surface area contributed by atoms with Gasteiger partial charge in [0.05, 0.1) is 16.9 Å². The second kappa shape index (κ2) is 9.12. The lowest BCUT2D eigenvalue weighted by molar-refractivity contribution is -0.138. The molecule has 5 nitrogen and oxygen atoms in total. The Morgan fingerprint density at radius 1 is 0.788 bits per heavy atom. The van der Waals surface area contributed by atoms with E-state index in [0.717, 1.165) is 12.0 Å². The van der Waals surface area contributed by atoms with Crippen molar-refractivity contribution in [3.05, 3.63) is 102 Å². The van der Waals surface area contributed by atoms with Crippen LogP contribution in [0.3, 0.4) is 0 Å². The predicted molar refractivity (Wildman–Crippen MR) is 128 cm³/mol. The zero-order valence-corrected chi connectivity index (χ0v) is 19.3. The first kappa shape index (κ1) is 21.9. The zero-order valence-electron chi connectivity index (χ0n) is 18.5. The molecule has 2 atom stereocenters. The predicted octanol–water partition coefficient (Wildman–Crippen LogP) is 4.41. The molecule has 0 aliphatic carbocycles. The highest BCUT2D eigenvalue weighted by atomic mass is 32.2. The number of hydrogen-bond acceptors (Lipinski definition) is 3. The van der Waals surface area contributed by atoms with Crippen molar-refractivity contribution in [2.24, 2.45) is 5.92 Å². The lowest BCUT2D eigenvalue weighted by Gasteiger charge is -2.40. The molecule has 3 aromatic rings. The van der Waals surface area contributed by atoms with Crippen LogP contribution >= 0.6 is 0 Å². The van der Waals surface area contributed by atoms with Crippen LogP contribution < -0.4 is 0 Å². The van der Waals surface area contributed by atoms with Gasteiger partial charge in [0.25, 0.3) is 0 Å². The molecule has 33 heavy (non-hydrogen) atoms. The highest BCUT2D eigenvalue weighted by Crippen LogP contribution is 2.38. The maximum atomic E-state index is 13.7. The minimum absolute atomic E-state index is 0.0595. The summed E-state index contributed by atoms with van der Waals surface area (Å²) in [5.41, 5.74) is 3.45. The molecule has 0 N–H and O–H groups in total. The Kier molecular flexibility index (Phi) is 6.04. The number of sulfonamides is 1. The van der Waals surface area contributed by atoms with Crippen LogP contribution in [-0.2, 0) is 27.8 Å². The van der Waals surface area contributed by atoms with Crippen LogP contribution in [0.15, 0.2) is 89.8 Å². The number of carbonyl (C=O) groups excluding carboxylic acids is 1. The van der Waals surface area contributed by atoms with Gasteiger partial charge in [-0.1, -0.05) is 72.8 Å². The van der Waals surface area contributed by atoms with E-state index in [0.29, 0.717) is 25.9 Å². The van der Waals surface area contributed by atoms with Crippen LogP contribution in [0.1, 0.15) is 35.6 Å². The smallest absolute Gasteiger partial charge is 0.243 e. The third-order valence-electron chi connectivity index (χ3n) is 6.86. The van der Waals surface area contributed by atoms with Crippen molar-refractivity contribution in [3.63, 3.8) is 0 Å². The van der Waals surface area contributed by atoms with E-state index in [1.165, 1.54) is 11.1 Å². The van der Waals surface area contributed by atoms with Crippen molar-refractivity contribution in [1.29, 1.82) is 0 Å². The Labute approximate surface area is 195 Å². The van der Waals surface area contributed by atoms with Crippen LogP contribution in [0.5, 0.6) is 0 Å². The van der Waals surface area contributed by atoms with Crippen LogP contribution in [0, 0.1) is 5.92 Å². The van der Waals surface area contributed by atoms with Crippen molar-refractivity contribution in [2.75, 3.05) is 13.1 Å². The molecule has 2 aliphatic rings. The van der Waals surface area contributed by atoms with Gasteiger partial charge < -0.3 is 4.90 Å². The average molecular weight is 461 g/mol. The third kappa shape index (κ3) is 4.33. The van der Waals surface area contributed by atoms with Gasteiger partial charge in [0, 0.05) is 19.6 Å². The average Bonchev–Trinajstić information content (AvgIpc) is 2.88. The van der Waals surface area contributed by atoms with Gasteiger partial charge in [0.2, 0.25) is 15.9 Å². The number of nitrogens with zero attached hydrogens (tertiary/aromatic N) is 2. The van der Waals surface area contributed by atoms with E-state index in [2.05, 4.69) is 12.1 Å². The molecule has 2 heterocycles. The molecule has 0 aromatic heterocycles. The van der Waals surface area contributed by atoms with Crippen molar-refractivity contribution in [2.45, 2.75) is 36.7 Å². The molecule has 170 valence electrons. The fourth-order valence-electron chi connectivity index (χ4n) is 5.08. The molecule has 1 amide bonds. The summed E-state index contributed by atoms with van der Waals surface area (Å²) >= 11 is 0. The van der Waals surface area contributed by atoms with Gasteiger partial charge in [-0.25, -0.2) is 8.42 Å². The molecule has 0 bridgehead atoms. The number of fused-ring (bicyclic) bond motifs is 1. The first-order valence-electron chi connectivity index (χ1n) is 11.5. The molecule has 6 heteroatoms. The van der Waals surface area contributed by atoms with Crippen molar-refractivity contribution < 1.29 is 13.2 Å². The van der Waals surface area contributed by atoms with Gasteiger partial charge in [-0.05, 0) is 48.1 Å². The summed E-state index contributed by atoms with van der Waals surface area (Å²) in [6.45, 7) is 1.48. The van der Waals surface area contributed by atoms with E-state index in [1.54, 1.807) is 28.6 Å². The summed E-state index contributed by atoms with van der Waals surface area (Å²) in [5.74, 6) is -0.280. The maximum Gasteiger partial charge on any atom is 0.243 e. The van der Waals surface area contributed by atoms with Gasteiger partial charge >= 0.3 is 0 Å². The fraction of sp³-hybridized carbons (Fsp3) is 0.296. The first-order chi connectivity index (χ1) is 16.0. The third-order valence-corrected chi connectivity index (χ3v) is 8.75. The molecule has 5 rings (SSSR count). The summed E-state index contributed by atoms with van der Waals surface area (Å²) < 4.78 is 28.9. The Bertz CT molecular complexity index is 1230. The summed E-state index contributed by atoms with van der Waals surface area (Å²) in [4.78, 5) is 15.7. The van der Waals surface area contributed by atoms with E-state index in [9.17, 15) is 13.2 Å². The highest BCUT2D eigenvalue weighted by molar-refractivity contribution is 7.89. The van der Waals surface area contributed by atoms with E-state index in [4.69, 9.17) is 0 Å². The van der Waals surface area contributed by atoms with Crippen molar-refractivity contribution in [3.8, 4) is 0 Å². The lowest BCUT2D eigenvalue weighted by atomic mass is 9.89. The minimum atomic E-state index is -3.74. The molecule has 0 radical (unpaired) electrons. The maximum absolute atomic E-state index is 13.7. The molecule has 1 saturated heterocycles. The van der Waals surface area contributed by atoms with E-state index < -0.39 is 10.0 Å². The minimum Gasteiger partial charge on any atom is -0.338 e. The molecule has 0 unspecified atom stereocenters. The second-order valence-electron chi connectivity index (χ2n) is 8.87. The molecule has 1 fully saturated rings. The summed E-state index contributed by atoms with van der Waals surface area (Å²) in [7, 11) is -3.74. The number of rotatable bonds is 4. The van der Waals surface area contributed by atoms with Crippen LogP contribution in [0.2, 0.25) is 0 Å². The molecule has 2 aliphatic heterocycles. The van der Waals surface area contributed by atoms with Gasteiger partial charge in [0.1, 0.15) is 0 Å². The van der Waals surface area contributed by atoms with Crippen LogP contribution in [-0.4, -0.2) is 36.6 Å². The topological polar surface area (TPSA) is 57.7 Å². The quantitative estimate of drug-likeness (QED) is 0.579. The largest absolute Gasteiger partial charge is 0.338 e. The Balaban J connectivity index is 1.42. The number of benzene rings is 3. The SMILES string of the molecule is O=C([C@@H]1CC[C@H](c2ccccc2)N(S(=O)(=O)c2ccccc2)C1)N1CCc2ccccc2C1. The number of hydrogen-bond donors (Lipinski definition) is 0. The number of carbonyl (C=O) groups is 1. The molecule has 0 saturated carbocycles. The van der Waals surface area contributed by atoms with E-state index in [-0.39, 0.29) is 29.3 Å². The first-order valence-corrected chi connectivity index (χ1v) is 13.0. The molecular formula is C27H28N2O3S.